The fourth-order valence-corrected chi connectivity index (χ4v) is 2.86. The highest BCUT2D eigenvalue weighted by Gasteiger charge is 2.35. The van der Waals surface area contributed by atoms with Gasteiger partial charge in [-0.15, -0.1) is 0 Å². The van der Waals surface area contributed by atoms with E-state index in [-0.39, 0.29) is 11.2 Å². The molecule has 1 N–H and O–H groups in total. The first-order valence-electron chi connectivity index (χ1n) is 5.82. The topological polar surface area (TPSA) is 21.3 Å². The highest BCUT2D eigenvalue weighted by atomic mass is 79.9. The van der Waals surface area contributed by atoms with Crippen LogP contribution in [0.1, 0.15) is 12.0 Å². The Morgan fingerprint density at radius 2 is 2.35 bits per heavy atom. The lowest BCUT2D eigenvalue weighted by Crippen LogP contribution is -2.35. The van der Waals surface area contributed by atoms with Crippen molar-refractivity contribution in [1.29, 1.82) is 0 Å². The number of rotatable bonds is 4. The molecule has 0 aromatic heterocycles. The highest BCUT2D eigenvalue weighted by molar-refractivity contribution is 9.10. The van der Waals surface area contributed by atoms with Gasteiger partial charge in [-0.2, -0.15) is 0 Å². The maximum atomic E-state index is 13.5. The molecule has 1 saturated heterocycles. The van der Waals surface area contributed by atoms with Crippen LogP contribution in [0.4, 0.5) is 4.39 Å². The third-order valence-corrected chi connectivity index (χ3v) is 4.22. The Labute approximate surface area is 110 Å². The van der Waals surface area contributed by atoms with Crippen molar-refractivity contribution in [2.45, 2.75) is 12.8 Å². The van der Waals surface area contributed by atoms with Gasteiger partial charge in [0.15, 0.2) is 0 Å². The van der Waals surface area contributed by atoms with Gasteiger partial charge >= 0.3 is 0 Å². The monoisotopic (exact) mass is 301 g/mol. The maximum Gasteiger partial charge on any atom is 0.137 e. The predicted octanol–water partition coefficient (Wildman–Crippen LogP) is 2.76. The first-order chi connectivity index (χ1) is 8.17. The second kappa shape index (κ2) is 5.46. The van der Waals surface area contributed by atoms with Gasteiger partial charge in [0.1, 0.15) is 5.82 Å². The summed E-state index contributed by atoms with van der Waals surface area (Å²) in [6, 6.07) is 5.21. The SMILES string of the molecule is CNCC1(Cc2cccc(F)c2Br)CCOC1. The lowest BCUT2D eigenvalue weighted by molar-refractivity contribution is 0.150. The second-order valence-electron chi connectivity index (χ2n) is 4.72. The van der Waals surface area contributed by atoms with Crippen molar-refractivity contribution in [3.8, 4) is 0 Å². The molecule has 2 rings (SSSR count). The Morgan fingerprint density at radius 3 is 3.00 bits per heavy atom. The van der Waals surface area contributed by atoms with E-state index in [1.165, 1.54) is 6.07 Å². The first-order valence-corrected chi connectivity index (χ1v) is 6.61. The van der Waals surface area contributed by atoms with E-state index in [1.54, 1.807) is 6.07 Å². The summed E-state index contributed by atoms with van der Waals surface area (Å²) in [4.78, 5) is 0. The molecule has 1 aliphatic rings. The Morgan fingerprint density at radius 1 is 1.53 bits per heavy atom. The zero-order chi connectivity index (χ0) is 12.3. The van der Waals surface area contributed by atoms with Crippen LogP contribution >= 0.6 is 15.9 Å². The Balaban J connectivity index is 2.20. The Hall–Kier alpha value is -0.450. The van der Waals surface area contributed by atoms with Gasteiger partial charge < -0.3 is 10.1 Å². The summed E-state index contributed by atoms with van der Waals surface area (Å²) in [6.07, 6.45) is 1.86. The Kier molecular flexibility index (Phi) is 4.17. The molecule has 17 heavy (non-hydrogen) atoms. The molecule has 1 heterocycles. The van der Waals surface area contributed by atoms with Crippen LogP contribution in [-0.2, 0) is 11.2 Å². The lowest BCUT2D eigenvalue weighted by atomic mass is 9.81. The van der Waals surface area contributed by atoms with Gasteiger partial charge in [-0.1, -0.05) is 12.1 Å². The number of benzene rings is 1. The van der Waals surface area contributed by atoms with Crippen molar-refractivity contribution in [2.24, 2.45) is 5.41 Å². The summed E-state index contributed by atoms with van der Waals surface area (Å²) in [6.45, 7) is 2.45. The van der Waals surface area contributed by atoms with Gasteiger partial charge in [-0.25, -0.2) is 4.39 Å². The van der Waals surface area contributed by atoms with E-state index in [0.717, 1.165) is 38.2 Å². The van der Waals surface area contributed by atoms with Crippen LogP contribution < -0.4 is 5.32 Å². The maximum absolute atomic E-state index is 13.5. The van der Waals surface area contributed by atoms with Crippen LogP contribution in [0.5, 0.6) is 0 Å². The van der Waals surface area contributed by atoms with Gasteiger partial charge in [0.25, 0.3) is 0 Å². The number of halogens is 2. The quantitative estimate of drug-likeness (QED) is 0.923. The van der Waals surface area contributed by atoms with E-state index >= 15 is 0 Å². The lowest BCUT2D eigenvalue weighted by Gasteiger charge is -2.27. The summed E-state index contributed by atoms with van der Waals surface area (Å²) in [5.74, 6) is -0.193. The highest BCUT2D eigenvalue weighted by Crippen LogP contribution is 2.34. The average molecular weight is 302 g/mol. The van der Waals surface area contributed by atoms with Crippen LogP contribution in [0, 0.1) is 11.2 Å². The van der Waals surface area contributed by atoms with E-state index in [0.29, 0.717) is 4.47 Å². The molecule has 0 spiro atoms. The third kappa shape index (κ3) is 2.87. The Bertz CT molecular complexity index is 391. The van der Waals surface area contributed by atoms with E-state index < -0.39 is 0 Å². The average Bonchev–Trinajstić information content (AvgIpc) is 2.74. The molecule has 1 aromatic carbocycles. The smallest absolute Gasteiger partial charge is 0.137 e. The molecule has 1 atom stereocenters. The van der Waals surface area contributed by atoms with Crippen LogP contribution in [0.25, 0.3) is 0 Å². The standard InChI is InChI=1S/C13H17BrFNO/c1-16-8-13(5-6-17-9-13)7-10-3-2-4-11(15)12(10)14/h2-4,16H,5-9H2,1H3. The predicted molar refractivity (Wildman–Crippen MR) is 69.6 cm³/mol. The van der Waals surface area contributed by atoms with Crippen molar-refractivity contribution in [3.63, 3.8) is 0 Å². The van der Waals surface area contributed by atoms with Crippen LogP contribution in [0.3, 0.4) is 0 Å². The van der Waals surface area contributed by atoms with E-state index in [4.69, 9.17) is 4.74 Å². The largest absolute Gasteiger partial charge is 0.381 e. The number of ether oxygens (including phenoxy) is 1. The molecule has 0 bridgehead atoms. The molecule has 4 heteroatoms. The third-order valence-electron chi connectivity index (χ3n) is 3.33. The van der Waals surface area contributed by atoms with E-state index in [2.05, 4.69) is 21.2 Å². The molecular weight excluding hydrogens is 285 g/mol. The molecule has 0 saturated carbocycles. The molecule has 0 radical (unpaired) electrons. The zero-order valence-corrected chi connectivity index (χ0v) is 11.5. The van der Waals surface area contributed by atoms with Crippen molar-refractivity contribution in [3.05, 3.63) is 34.1 Å². The van der Waals surface area contributed by atoms with E-state index in [9.17, 15) is 4.39 Å². The van der Waals surface area contributed by atoms with Crippen LogP contribution in [-0.4, -0.2) is 26.8 Å². The van der Waals surface area contributed by atoms with Gasteiger partial charge in [-0.05, 0) is 47.4 Å². The van der Waals surface area contributed by atoms with Gasteiger partial charge in [0.2, 0.25) is 0 Å². The second-order valence-corrected chi connectivity index (χ2v) is 5.52. The number of hydrogen-bond acceptors (Lipinski definition) is 2. The molecule has 2 nitrogen and oxygen atoms in total. The van der Waals surface area contributed by atoms with Crippen molar-refractivity contribution < 1.29 is 9.13 Å². The molecule has 1 fully saturated rings. The minimum absolute atomic E-state index is 0.102. The summed E-state index contributed by atoms with van der Waals surface area (Å²) >= 11 is 3.33. The molecule has 1 aromatic rings. The molecule has 1 unspecified atom stereocenters. The summed E-state index contributed by atoms with van der Waals surface area (Å²) in [5.41, 5.74) is 1.12. The first kappa shape index (κ1) is 13.0. The fraction of sp³-hybridized carbons (Fsp3) is 0.538. The molecule has 0 amide bonds. The molecule has 1 aliphatic heterocycles. The summed E-state index contributed by atoms with van der Waals surface area (Å²) < 4.78 is 19.6. The minimum Gasteiger partial charge on any atom is -0.381 e. The molecular formula is C13H17BrFNO. The minimum atomic E-state index is -0.193. The fourth-order valence-electron chi connectivity index (χ4n) is 2.45. The van der Waals surface area contributed by atoms with Crippen molar-refractivity contribution in [1.82, 2.24) is 5.32 Å². The van der Waals surface area contributed by atoms with E-state index in [1.807, 2.05) is 13.1 Å². The summed E-state index contributed by atoms with van der Waals surface area (Å²) in [7, 11) is 1.95. The van der Waals surface area contributed by atoms with Gasteiger partial charge in [-0.3, -0.25) is 0 Å². The zero-order valence-electron chi connectivity index (χ0n) is 9.93. The number of nitrogens with one attached hydrogen (secondary N) is 1. The normalized spacial score (nSPS) is 24.2. The van der Waals surface area contributed by atoms with Crippen molar-refractivity contribution >= 4 is 15.9 Å². The molecule has 0 aliphatic carbocycles. The van der Waals surface area contributed by atoms with Gasteiger partial charge in [0, 0.05) is 18.6 Å². The van der Waals surface area contributed by atoms with Crippen LogP contribution in [0.2, 0.25) is 0 Å². The van der Waals surface area contributed by atoms with Gasteiger partial charge in [0.05, 0.1) is 11.1 Å². The van der Waals surface area contributed by atoms with Crippen molar-refractivity contribution in [2.75, 3.05) is 26.8 Å². The summed E-state index contributed by atoms with van der Waals surface area (Å²) in [5, 5.41) is 3.22. The molecule has 94 valence electrons. The number of hydrogen-bond donors (Lipinski definition) is 1. The van der Waals surface area contributed by atoms with Crippen LogP contribution in [0.15, 0.2) is 22.7 Å².